The van der Waals surface area contributed by atoms with Crippen LogP contribution in [-0.4, -0.2) is 42.8 Å². The first-order chi connectivity index (χ1) is 12.2. The molecule has 3 amide bonds. The molecule has 0 aliphatic carbocycles. The van der Waals surface area contributed by atoms with Gasteiger partial charge in [0.25, 0.3) is 0 Å². The van der Waals surface area contributed by atoms with E-state index in [4.69, 9.17) is 16.3 Å². The smallest absolute Gasteiger partial charge is 0.417 e. The number of amides is 3. The summed E-state index contributed by atoms with van der Waals surface area (Å²) in [4.78, 5) is 25.2. The monoisotopic (exact) mass is 393 g/mol. The standard InChI is InChI=1S/C16H19ClF3N3O3/c1-2-26-15(25)23-7-5-10(6-8-23)21-14(24)22-11-3-4-13(17)12(9-11)16(18,19)20/h3-4,9-10H,2,5-8H2,1H3,(H2,21,22,24). The SMILES string of the molecule is CCOC(=O)N1CCC(NC(=O)Nc2ccc(Cl)c(C(F)(F)F)c2)CC1. The third kappa shape index (κ3) is 5.42. The minimum absolute atomic E-state index is 0.0109. The van der Waals surface area contributed by atoms with Gasteiger partial charge in [-0.3, -0.25) is 0 Å². The molecule has 0 atom stereocenters. The number of nitrogens with one attached hydrogen (secondary N) is 2. The van der Waals surface area contributed by atoms with Crippen molar-refractivity contribution in [3.8, 4) is 0 Å². The Bertz CT molecular complexity index is 662. The van der Waals surface area contributed by atoms with Crippen molar-refractivity contribution < 1.29 is 27.5 Å². The fraction of sp³-hybridized carbons (Fsp3) is 0.500. The van der Waals surface area contributed by atoms with Crippen molar-refractivity contribution in [2.45, 2.75) is 32.0 Å². The van der Waals surface area contributed by atoms with Crippen LogP contribution in [0.15, 0.2) is 18.2 Å². The van der Waals surface area contributed by atoms with E-state index < -0.39 is 28.9 Å². The summed E-state index contributed by atoms with van der Waals surface area (Å²) in [5, 5.41) is 4.62. The minimum Gasteiger partial charge on any atom is -0.450 e. The predicted octanol–water partition coefficient (Wildman–Crippen LogP) is 4.10. The van der Waals surface area contributed by atoms with Crippen LogP contribution in [-0.2, 0) is 10.9 Å². The highest BCUT2D eigenvalue weighted by molar-refractivity contribution is 6.31. The molecule has 144 valence electrons. The Morgan fingerprint density at radius 3 is 2.54 bits per heavy atom. The van der Waals surface area contributed by atoms with Crippen LogP contribution in [0, 0.1) is 0 Å². The molecule has 6 nitrogen and oxygen atoms in total. The van der Waals surface area contributed by atoms with Gasteiger partial charge in [0, 0.05) is 24.8 Å². The summed E-state index contributed by atoms with van der Waals surface area (Å²) in [6.45, 7) is 2.88. The Morgan fingerprint density at radius 2 is 1.96 bits per heavy atom. The molecule has 0 aromatic heterocycles. The molecule has 2 N–H and O–H groups in total. The summed E-state index contributed by atoms with van der Waals surface area (Å²) in [6, 6.07) is 2.36. The highest BCUT2D eigenvalue weighted by Gasteiger charge is 2.33. The van der Waals surface area contributed by atoms with Gasteiger partial charge in [0.2, 0.25) is 0 Å². The molecule has 1 aromatic carbocycles. The zero-order valence-electron chi connectivity index (χ0n) is 14.0. The summed E-state index contributed by atoms with van der Waals surface area (Å²) >= 11 is 5.54. The Balaban J connectivity index is 1.87. The Hall–Kier alpha value is -2.16. The van der Waals surface area contributed by atoms with Gasteiger partial charge in [-0.05, 0) is 38.0 Å². The second kappa shape index (κ2) is 8.48. The number of rotatable bonds is 3. The van der Waals surface area contributed by atoms with Crippen molar-refractivity contribution in [3.05, 3.63) is 28.8 Å². The number of alkyl halides is 3. The minimum atomic E-state index is -4.61. The molecule has 26 heavy (non-hydrogen) atoms. The number of carbonyl (C=O) groups is 2. The molecule has 1 saturated heterocycles. The van der Waals surface area contributed by atoms with Gasteiger partial charge in [0.15, 0.2) is 0 Å². The lowest BCUT2D eigenvalue weighted by Crippen LogP contribution is -2.47. The van der Waals surface area contributed by atoms with Gasteiger partial charge in [0.1, 0.15) is 0 Å². The van der Waals surface area contributed by atoms with Gasteiger partial charge in [-0.25, -0.2) is 9.59 Å². The van der Waals surface area contributed by atoms with Crippen molar-refractivity contribution in [1.82, 2.24) is 10.2 Å². The van der Waals surface area contributed by atoms with Gasteiger partial charge in [0.05, 0.1) is 17.2 Å². The summed E-state index contributed by atoms with van der Waals surface area (Å²) in [5.74, 6) is 0. The zero-order chi connectivity index (χ0) is 19.3. The number of urea groups is 1. The largest absolute Gasteiger partial charge is 0.450 e. The molecule has 0 unspecified atom stereocenters. The van der Waals surface area contributed by atoms with E-state index in [1.54, 1.807) is 11.8 Å². The third-order valence-electron chi connectivity index (χ3n) is 3.89. The fourth-order valence-corrected chi connectivity index (χ4v) is 2.82. The maximum Gasteiger partial charge on any atom is 0.417 e. The van der Waals surface area contributed by atoms with Crippen LogP contribution < -0.4 is 10.6 Å². The Morgan fingerprint density at radius 1 is 1.31 bits per heavy atom. The van der Waals surface area contributed by atoms with Gasteiger partial charge in [-0.2, -0.15) is 13.2 Å². The second-order valence-electron chi connectivity index (χ2n) is 5.75. The molecular weight excluding hydrogens is 375 g/mol. The molecule has 1 heterocycles. The van der Waals surface area contributed by atoms with E-state index in [0.29, 0.717) is 32.5 Å². The van der Waals surface area contributed by atoms with E-state index >= 15 is 0 Å². The highest BCUT2D eigenvalue weighted by atomic mass is 35.5. The number of ether oxygens (including phenoxy) is 1. The summed E-state index contributed by atoms with van der Waals surface area (Å²) in [7, 11) is 0. The van der Waals surface area contributed by atoms with Gasteiger partial charge >= 0.3 is 18.3 Å². The van der Waals surface area contributed by atoms with Crippen molar-refractivity contribution in [2.24, 2.45) is 0 Å². The number of likely N-dealkylation sites (tertiary alicyclic amines) is 1. The van der Waals surface area contributed by atoms with Crippen LogP contribution in [0.25, 0.3) is 0 Å². The summed E-state index contributed by atoms with van der Waals surface area (Å²) in [5.41, 5.74) is -1.03. The molecule has 10 heteroatoms. The topological polar surface area (TPSA) is 70.7 Å². The molecule has 1 aromatic rings. The first kappa shape index (κ1) is 20.2. The van der Waals surface area contributed by atoms with E-state index in [2.05, 4.69) is 10.6 Å². The van der Waals surface area contributed by atoms with E-state index in [-0.39, 0.29) is 11.7 Å². The third-order valence-corrected chi connectivity index (χ3v) is 4.22. The van der Waals surface area contributed by atoms with Crippen LogP contribution in [0.2, 0.25) is 5.02 Å². The lowest BCUT2D eigenvalue weighted by Gasteiger charge is -2.31. The van der Waals surface area contributed by atoms with E-state index in [0.717, 1.165) is 12.1 Å². The average molecular weight is 394 g/mol. The number of halogens is 4. The summed E-state index contributed by atoms with van der Waals surface area (Å²) in [6.07, 6.45) is -3.94. The molecule has 2 rings (SSSR count). The van der Waals surface area contributed by atoms with Crippen LogP contribution >= 0.6 is 11.6 Å². The molecular formula is C16H19ClF3N3O3. The molecule has 0 bridgehead atoms. The number of benzene rings is 1. The maximum absolute atomic E-state index is 12.8. The maximum atomic E-state index is 12.8. The molecule has 1 aliphatic heterocycles. The van der Waals surface area contributed by atoms with E-state index in [1.165, 1.54) is 6.07 Å². The van der Waals surface area contributed by atoms with Crippen molar-refractivity contribution >= 4 is 29.4 Å². The lowest BCUT2D eigenvalue weighted by molar-refractivity contribution is -0.137. The van der Waals surface area contributed by atoms with Crippen molar-refractivity contribution in [2.75, 3.05) is 25.0 Å². The molecule has 0 spiro atoms. The quantitative estimate of drug-likeness (QED) is 0.812. The number of nitrogens with zero attached hydrogens (tertiary/aromatic N) is 1. The van der Waals surface area contributed by atoms with Crippen LogP contribution in [0.3, 0.4) is 0 Å². The van der Waals surface area contributed by atoms with Crippen LogP contribution in [0.4, 0.5) is 28.4 Å². The average Bonchev–Trinajstić information content (AvgIpc) is 2.56. The van der Waals surface area contributed by atoms with Gasteiger partial charge in [-0.15, -0.1) is 0 Å². The zero-order valence-corrected chi connectivity index (χ0v) is 14.8. The molecule has 0 radical (unpaired) electrons. The fourth-order valence-electron chi connectivity index (χ4n) is 2.59. The van der Waals surface area contributed by atoms with E-state index in [1.807, 2.05) is 0 Å². The molecule has 1 fully saturated rings. The predicted molar refractivity (Wildman–Crippen MR) is 90.2 cm³/mol. The van der Waals surface area contributed by atoms with Crippen molar-refractivity contribution in [1.29, 1.82) is 0 Å². The molecule has 1 aliphatic rings. The van der Waals surface area contributed by atoms with Crippen LogP contribution in [0.1, 0.15) is 25.3 Å². The Kier molecular flexibility index (Phi) is 6.57. The number of hydrogen-bond donors (Lipinski definition) is 2. The first-order valence-electron chi connectivity index (χ1n) is 8.06. The number of hydrogen-bond acceptors (Lipinski definition) is 3. The van der Waals surface area contributed by atoms with Crippen molar-refractivity contribution in [3.63, 3.8) is 0 Å². The number of carbonyl (C=O) groups excluding carboxylic acids is 2. The lowest BCUT2D eigenvalue weighted by atomic mass is 10.1. The molecule has 0 saturated carbocycles. The number of piperidine rings is 1. The second-order valence-corrected chi connectivity index (χ2v) is 6.16. The normalized spacial score (nSPS) is 15.5. The van der Waals surface area contributed by atoms with Gasteiger partial charge in [-0.1, -0.05) is 11.6 Å². The Labute approximate surface area is 153 Å². The summed E-state index contributed by atoms with van der Waals surface area (Å²) < 4.78 is 43.4. The van der Waals surface area contributed by atoms with Crippen LogP contribution in [0.5, 0.6) is 0 Å². The van der Waals surface area contributed by atoms with E-state index in [9.17, 15) is 22.8 Å². The van der Waals surface area contributed by atoms with Gasteiger partial charge < -0.3 is 20.3 Å². The first-order valence-corrected chi connectivity index (χ1v) is 8.44. The highest BCUT2D eigenvalue weighted by Crippen LogP contribution is 2.36. The number of anilines is 1.